The predicted molar refractivity (Wildman–Crippen MR) is 65.1 cm³/mol. The highest BCUT2D eigenvalue weighted by molar-refractivity contribution is 8.03. The monoisotopic (exact) mass is 226 g/mol. The van der Waals surface area contributed by atoms with Crippen LogP contribution in [0.2, 0.25) is 0 Å². The molecular weight excluding hydrogens is 208 g/mol. The van der Waals surface area contributed by atoms with Crippen LogP contribution in [0.25, 0.3) is 0 Å². The molecular formula is C11H18N2OS. The van der Waals surface area contributed by atoms with E-state index in [4.69, 9.17) is 0 Å². The molecule has 0 radical (unpaired) electrons. The second-order valence-electron chi connectivity index (χ2n) is 3.72. The number of hydrogen-bond acceptors (Lipinski definition) is 3. The van der Waals surface area contributed by atoms with Crippen molar-refractivity contribution in [2.75, 3.05) is 13.6 Å². The van der Waals surface area contributed by atoms with Gasteiger partial charge in [-0.2, -0.15) is 0 Å². The highest BCUT2D eigenvalue weighted by Crippen LogP contribution is 2.27. The van der Waals surface area contributed by atoms with Crippen LogP contribution in [0.15, 0.2) is 23.3 Å². The molecule has 0 aliphatic carbocycles. The van der Waals surface area contributed by atoms with E-state index in [9.17, 15) is 4.79 Å². The normalized spacial score (nSPS) is 15.5. The Morgan fingerprint density at radius 1 is 1.60 bits per heavy atom. The molecule has 0 atom stereocenters. The largest absolute Gasteiger partial charge is 0.273 e. The number of thioether (sulfide) groups is 1. The van der Waals surface area contributed by atoms with E-state index >= 15 is 0 Å². The number of rotatable bonds is 3. The lowest BCUT2D eigenvalue weighted by Gasteiger charge is -2.35. The summed E-state index contributed by atoms with van der Waals surface area (Å²) in [5.74, 6) is 0.0561. The van der Waals surface area contributed by atoms with Crippen LogP contribution in [0.4, 0.5) is 0 Å². The van der Waals surface area contributed by atoms with Gasteiger partial charge < -0.3 is 0 Å². The first-order valence-corrected chi connectivity index (χ1v) is 5.95. The molecule has 84 valence electrons. The molecule has 0 aromatic carbocycles. The minimum absolute atomic E-state index is 0.0561. The highest BCUT2D eigenvalue weighted by Gasteiger charge is 2.18. The molecule has 0 aromatic rings. The van der Waals surface area contributed by atoms with Gasteiger partial charge in [-0.3, -0.25) is 14.8 Å². The van der Waals surface area contributed by atoms with Crippen LogP contribution in [-0.4, -0.2) is 34.8 Å². The molecule has 0 saturated heterocycles. The maximum absolute atomic E-state index is 11.3. The van der Waals surface area contributed by atoms with Crippen molar-refractivity contribution in [1.82, 2.24) is 10.0 Å². The number of hydrazine groups is 1. The topological polar surface area (TPSA) is 23.6 Å². The lowest BCUT2D eigenvalue weighted by molar-refractivity contribution is -0.138. The quantitative estimate of drug-likeness (QED) is 0.737. The standard InChI is InChI=1S/C11H18N2OS/c1-9(2)15-11-7-5-6-8-13(11)12(4)10(3)14/h5-7,9H,8H2,1-4H3. The molecule has 1 aliphatic rings. The van der Waals surface area contributed by atoms with Crippen molar-refractivity contribution in [3.05, 3.63) is 23.3 Å². The summed E-state index contributed by atoms with van der Waals surface area (Å²) >= 11 is 1.77. The third-order valence-corrected chi connectivity index (χ3v) is 3.14. The third kappa shape index (κ3) is 3.30. The Bertz CT molecular complexity index is 297. The third-order valence-electron chi connectivity index (χ3n) is 2.08. The first kappa shape index (κ1) is 12.2. The van der Waals surface area contributed by atoms with Crippen LogP contribution in [0, 0.1) is 0 Å². The van der Waals surface area contributed by atoms with Crippen LogP contribution in [0.5, 0.6) is 0 Å². The molecule has 1 rings (SSSR count). The molecule has 1 amide bonds. The molecule has 15 heavy (non-hydrogen) atoms. The van der Waals surface area contributed by atoms with E-state index in [1.807, 2.05) is 23.2 Å². The maximum Gasteiger partial charge on any atom is 0.237 e. The average molecular weight is 226 g/mol. The van der Waals surface area contributed by atoms with Crippen molar-refractivity contribution >= 4 is 17.7 Å². The van der Waals surface area contributed by atoms with Crippen LogP contribution >= 0.6 is 11.8 Å². The Hall–Kier alpha value is -0.900. The van der Waals surface area contributed by atoms with Gasteiger partial charge in [0, 0.05) is 19.2 Å². The molecule has 0 saturated carbocycles. The first-order chi connectivity index (χ1) is 7.02. The van der Waals surface area contributed by atoms with Gasteiger partial charge in [-0.1, -0.05) is 26.0 Å². The first-order valence-electron chi connectivity index (χ1n) is 5.07. The van der Waals surface area contributed by atoms with Crippen molar-refractivity contribution in [3.63, 3.8) is 0 Å². The second kappa shape index (κ2) is 5.26. The van der Waals surface area contributed by atoms with E-state index in [-0.39, 0.29) is 5.91 Å². The Labute approximate surface area is 95.8 Å². The summed E-state index contributed by atoms with van der Waals surface area (Å²) in [7, 11) is 1.80. The Balaban J connectivity index is 2.75. The van der Waals surface area contributed by atoms with Crippen molar-refractivity contribution in [2.24, 2.45) is 0 Å². The van der Waals surface area contributed by atoms with E-state index in [1.54, 1.807) is 30.7 Å². The fourth-order valence-electron chi connectivity index (χ4n) is 1.27. The summed E-state index contributed by atoms with van der Waals surface area (Å²) in [4.78, 5) is 11.3. The van der Waals surface area contributed by atoms with Gasteiger partial charge in [0.15, 0.2) is 0 Å². The van der Waals surface area contributed by atoms with Gasteiger partial charge in [0.1, 0.15) is 0 Å². The number of carbonyl (C=O) groups excluding carboxylic acids is 1. The van der Waals surface area contributed by atoms with Crippen LogP contribution in [0.1, 0.15) is 20.8 Å². The summed E-state index contributed by atoms with van der Waals surface area (Å²) in [5, 5.41) is 5.30. The zero-order chi connectivity index (χ0) is 11.4. The predicted octanol–water partition coefficient (Wildman–Crippen LogP) is 2.23. The summed E-state index contributed by atoms with van der Waals surface area (Å²) in [6.07, 6.45) is 6.13. The maximum atomic E-state index is 11.3. The molecule has 3 nitrogen and oxygen atoms in total. The van der Waals surface area contributed by atoms with Crippen molar-refractivity contribution < 1.29 is 4.79 Å². The number of amides is 1. The number of nitrogens with zero attached hydrogens (tertiary/aromatic N) is 2. The lowest BCUT2D eigenvalue weighted by Crippen LogP contribution is -2.42. The number of allylic oxidation sites excluding steroid dienone is 2. The molecule has 0 N–H and O–H groups in total. The Morgan fingerprint density at radius 2 is 2.27 bits per heavy atom. The van der Waals surface area contributed by atoms with E-state index in [2.05, 4.69) is 13.8 Å². The van der Waals surface area contributed by atoms with Gasteiger partial charge in [0.2, 0.25) is 5.91 Å². The van der Waals surface area contributed by atoms with Crippen LogP contribution in [0.3, 0.4) is 0 Å². The molecule has 0 fully saturated rings. The summed E-state index contributed by atoms with van der Waals surface area (Å²) < 4.78 is 0. The smallest absolute Gasteiger partial charge is 0.237 e. The molecule has 0 spiro atoms. The van der Waals surface area contributed by atoms with E-state index in [0.29, 0.717) is 5.25 Å². The minimum Gasteiger partial charge on any atom is -0.273 e. The van der Waals surface area contributed by atoms with Gasteiger partial charge in [-0.25, -0.2) is 0 Å². The lowest BCUT2D eigenvalue weighted by atomic mass is 10.4. The number of hydrogen-bond donors (Lipinski definition) is 0. The highest BCUT2D eigenvalue weighted by atomic mass is 32.2. The fourth-order valence-corrected chi connectivity index (χ4v) is 2.23. The van der Waals surface area contributed by atoms with E-state index in [1.165, 1.54) is 0 Å². The summed E-state index contributed by atoms with van der Waals surface area (Å²) in [5.41, 5.74) is 0. The number of carbonyl (C=O) groups is 1. The van der Waals surface area contributed by atoms with Crippen molar-refractivity contribution in [3.8, 4) is 0 Å². The zero-order valence-electron chi connectivity index (χ0n) is 9.73. The molecule has 4 heteroatoms. The SMILES string of the molecule is CC(=O)N(C)N1CC=CC=C1SC(C)C. The molecule has 0 bridgehead atoms. The molecule has 0 aromatic heterocycles. The van der Waals surface area contributed by atoms with Gasteiger partial charge in [-0.15, -0.1) is 11.8 Å². The fraction of sp³-hybridized carbons (Fsp3) is 0.545. The van der Waals surface area contributed by atoms with Gasteiger partial charge in [-0.05, 0) is 6.08 Å². The van der Waals surface area contributed by atoms with Gasteiger partial charge in [0.25, 0.3) is 0 Å². The van der Waals surface area contributed by atoms with Crippen LogP contribution in [-0.2, 0) is 4.79 Å². The molecule has 1 aliphatic heterocycles. The molecule has 0 unspecified atom stereocenters. The van der Waals surface area contributed by atoms with E-state index in [0.717, 1.165) is 11.6 Å². The molecule has 1 heterocycles. The van der Waals surface area contributed by atoms with Gasteiger partial charge in [0.05, 0.1) is 11.6 Å². The van der Waals surface area contributed by atoms with Gasteiger partial charge >= 0.3 is 0 Å². The van der Waals surface area contributed by atoms with Crippen LogP contribution < -0.4 is 0 Å². The average Bonchev–Trinajstić information content (AvgIpc) is 2.16. The summed E-state index contributed by atoms with van der Waals surface area (Å²) in [6.45, 7) is 6.64. The van der Waals surface area contributed by atoms with Crippen molar-refractivity contribution in [2.45, 2.75) is 26.0 Å². The van der Waals surface area contributed by atoms with E-state index < -0.39 is 0 Å². The zero-order valence-corrected chi connectivity index (χ0v) is 10.5. The minimum atomic E-state index is 0.0561. The summed E-state index contributed by atoms with van der Waals surface area (Å²) in [6, 6.07) is 0. The van der Waals surface area contributed by atoms with Crippen molar-refractivity contribution in [1.29, 1.82) is 0 Å². The Kier molecular flexibility index (Phi) is 4.27. The second-order valence-corrected chi connectivity index (χ2v) is 5.32. The Morgan fingerprint density at radius 3 is 2.80 bits per heavy atom.